The molecule has 7 nitrogen and oxygen atoms in total. The number of nitrogens with zero attached hydrogens (tertiary/aromatic N) is 3. The SMILES string of the molecule is Cn1c(/C=C(\C#N)SNCC2CC(O)CC(O)O2)ccc1-c1ccc2cc(N3CCCCC3)ccc2c1. The van der Waals surface area contributed by atoms with Gasteiger partial charge in [-0.2, -0.15) is 5.26 Å². The number of piperidine rings is 1. The van der Waals surface area contributed by atoms with Crippen LogP contribution in [-0.2, 0) is 11.8 Å². The quantitative estimate of drug-likeness (QED) is 0.306. The van der Waals surface area contributed by atoms with Crippen molar-refractivity contribution in [3.63, 3.8) is 0 Å². The Kier molecular flexibility index (Phi) is 8.18. The van der Waals surface area contributed by atoms with Crippen LogP contribution in [0, 0.1) is 11.3 Å². The van der Waals surface area contributed by atoms with Gasteiger partial charge in [-0.05, 0) is 84.0 Å². The number of benzene rings is 2. The molecule has 2 aromatic carbocycles. The van der Waals surface area contributed by atoms with Gasteiger partial charge in [0, 0.05) is 56.6 Å². The molecule has 5 rings (SSSR count). The number of allylic oxidation sites excluding steroid dienone is 1. The highest BCUT2D eigenvalue weighted by molar-refractivity contribution is 8.01. The molecule has 3 N–H and O–H groups in total. The van der Waals surface area contributed by atoms with E-state index in [9.17, 15) is 15.5 Å². The van der Waals surface area contributed by atoms with E-state index in [0.717, 1.165) is 30.0 Å². The fourth-order valence-corrected chi connectivity index (χ4v) is 5.88. The molecule has 3 atom stereocenters. The van der Waals surface area contributed by atoms with Crippen LogP contribution in [0.1, 0.15) is 37.8 Å². The van der Waals surface area contributed by atoms with Gasteiger partial charge in [0.2, 0.25) is 0 Å². The first-order chi connectivity index (χ1) is 18.0. The Bertz CT molecular complexity index is 1300. The second-order valence-electron chi connectivity index (χ2n) is 9.91. The Hall–Kier alpha value is -2.80. The largest absolute Gasteiger partial charge is 0.393 e. The van der Waals surface area contributed by atoms with Gasteiger partial charge in [0.15, 0.2) is 6.29 Å². The van der Waals surface area contributed by atoms with Crippen molar-refractivity contribution >= 4 is 34.5 Å². The van der Waals surface area contributed by atoms with E-state index in [1.807, 2.05) is 19.2 Å². The van der Waals surface area contributed by atoms with Gasteiger partial charge in [-0.25, -0.2) is 0 Å². The average Bonchev–Trinajstić information content (AvgIpc) is 3.27. The van der Waals surface area contributed by atoms with Crippen molar-refractivity contribution in [2.24, 2.45) is 7.05 Å². The molecule has 194 valence electrons. The number of ether oxygens (including phenoxy) is 1. The first-order valence-electron chi connectivity index (χ1n) is 13.0. The molecule has 37 heavy (non-hydrogen) atoms. The minimum absolute atomic E-state index is 0.236. The Morgan fingerprint density at radius 1 is 1.08 bits per heavy atom. The van der Waals surface area contributed by atoms with Gasteiger partial charge in [-0.3, -0.25) is 4.72 Å². The minimum atomic E-state index is -0.944. The highest BCUT2D eigenvalue weighted by Gasteiger charge is 2.26. The molecule has 0 aliphatic carbocycles. The van der Waals surface area contributed by atoms with E-state index in [2.05, 4.69) is 62.7 Å². The highest BCUT2D eigenvalue weighted by Crippen LogP contribution is 2.30. The Labute approximate surface area is 222 Å². The number of nitrogens with one attached hydrogen (secondary N) is 1. The third kappa shape index (κ3) is 6.20. The zero-order valence-electron chi connectivity index (χ0n) is 21.1. The van der Waals surface area contributed by atoms with Crippen molar-refractivity contribution in [2.75, 3.05) is 24.5 Å². The second kappa shape index (κ2) is 11.7. The van der Waals surface area contributed by atoms with Gasteiger partial charge in [0.25, 0.3) is 0 Å². The maximum Gasteiger partial charge on any atom is 0.157 e. The third-order valence-corrected chi connectivity index (χ3v) is 7.98. The minimum Gasteiger partial charge on any atom is -0.393 e. The molecule has 2 aliphatic rings. The van der Waals surface area contributed by atoms with E-state index in [4.69, 9.17) is 4.74 Å². The van der Waals surface area contributed by atoms with E-state index in [1.165, 1.54) is 47.7 Å². The molecule has 0 spiro atoms. The number of anilines is 1. The van der Waals surface area contributed by atoms with Gasteiger partial charge >= 0.3 is 0 Å². The molecule has 2 saturated heterocycles. The first kappa shape index (κ1) is 25.8. The Morgan fingerprint density at radius 2 is 1.86 bits per heavy atom. The van der Waals surface area contributed by atoms with Gasteiger partial charge < -0.3 is 24.4 Å². The summed E-state index contributed by atoms with van der Waals surface area (Å²) in [4.78, 5) is 3.01. The molecule has 2 fully saturated rings. The molecule has 0 saturated carbocycles. The number of aliphatic hydroxyl groups excluding tert-OH is 2. The molecular formula is C29H34N4O3S. The fourth-order valence-electron chi connectivity index (χ4n) is 5.23. The van der Waals surface area contributed by atoms with Crippen LogP contribution in [0.5, 0.6) is 0 Å². The van der Waals surface area contributed by atoms with Crippen molar-refractivity contribution in [2.45, 2.75) is 50.6 Å². The van der Waals surface area contributed by atoms with E-state index in [0.29, 0.717) is 17.9 Å². The monoisotopic (exact) mass is 518 g/mol. The number of nitriles is 1. The van der Waals surface area contributed by atoms with Crippen LogP contribution in [0.15, 0.2) is 53.4 Å². The number of fused-ring (bicyclic) bond motifs is 1. The molecular weight excluding hydrogens is 484 g/mol. The molecule has 2 aliphatic heterocycles. The molecule has 1 aromatic heterocycles. The maximum absolute atomic E-state index is 9.81. The summed E-state index contributed by atoms with van der Waals surface area (Å²) in [6.07, 6.45) is 4.62. The second-order valence-corrected chi connectivity index (χ2v) is 10.8. The summed E-state index contributed by atoms with van der Waals surface area (Å²) in [7, 11) is 2.01. The van der Waals surface area contributed by atoms with Gasteiger partial charge in [0.1, 0.15) is 11.0 Å². The van der Waals surface area contributed by atoms with E-state index >= 15 is 0 Å². The molecule has 3 aromatic rings. The summed E-state index contributed by atoms with van der Waals surface area (Å²) in [5, 5.41) is 31.6. The predicted molar refractivity (Wildman–Crippen MR) is 150 cm³/mol. The summed E-state index contributed by atoms with van der Waals surface area (Å²) in [5.41, 5.74) is 4.46. The van der Waals surface area contributed by atoms with E-state index in [-0.39, 0.29) is 12.5 Å². The highest BCUT2D eigenvalue weighted by atomic mass is 32.2. The maximum atomic E-state index is 9.81. The van der Waals surface area contributed by atoms with Crippen molar-refractivity contribution in [3.05, 3.63) is 59.1 Å². The third-order valence-electron chi connectivity index (χ3n) is 7.24. The van der Waals surface area contributed by atoms with Crippen LogP contribution < -0.4 is 9.62 Å². The van der Waals surface area contributed by atoms with Crippen LogP contribution >= 0.6 is 11.9 Å². The zero-order chi connectivity index (χ0) is 25.8. The summed E-state index contributed by atoms with van der Waals surface area (Å²) < 4.78 is 10.7. The Balaban J connectivity index is 1.27. The average molecular weight is 519 g/mol. The number of hydrogen-bond acceptors (Lipinski definition) is 7. The number of aromatic nitrogens is 1. The van der Waals surface area contributed by atoms with Crippen LogP contribution in [-0.4, -0.2) is 52.9 Å². The van der Waals surface area contributed by atoms with Gasteiger partial charge in [0.05, 0.1) is 12.2 Å². The molecule has 3 unspecified atom stereocenters. The zero-order valence-corrected chi connectivity index (χ0v) is 22.0. The van der Waals surface area contributed by atoms with Gasteiger partial charge in [-0.1, -0.05) is 18.2 Å². The van der Waals surface area contributed by atoms with Gasteiger partial charge in [-0.15, -0.1) is 0 Å². The lowest BCUT2D eigenvalue weighted by Gasteiger charge is -2.30. The van der Waals surface area contributed by atoms with Crippen LogP contribution in [0.2, 0.25) is 0 Å². The molecule has 8 heteroatoms. The lowest BCUT2D eigenvalue weighted by atomic mass is 10.0. The smallest absolute Gasteiger partial charge is 0.157 e. The number of rotatable bonds is 7. The van der Waals surface area contributed by atoms with Crippen molar-refractivity contribution in [3.8, 4) is 17.3 Å². The predicted octanol–water partition coefficient (Wildman–Crippen LogP) is 4.80. The molecule has 0 radical (unpaired) electrons. The summed E-state index contributed by atoms with van der Waals surface area (Å²) >= 11 is 1.23. The normalized spacial score (nSPS) is 22.8. The van der Waals surface area contributed by atoms with E-state index < -0.39 is 12.4 Å². The standard InChI is InChI=1S/C29H34N4O3S/c1-32-23(15-27(18-30)37-31-19-26-16-25(34)17-29(35)36-26)9-10-28(32)22-6-5-21-14-24(8-7-20(21)13-22)33-11-3-2-4-12-33/h5-10,13-15,25-26,29,31,34-35H,2-4,11-12,16-17,19H2,1H3/b27-15+. The molecule has 3 heterocycles. The van der Waals surface area contributed by atoms with Crippen LogP contribution in [0.4, 0.5) is 5.69 Å². The summed E-state index contributed by atoms with van der Waals surface area (Å²) in [5.74, 6) is 0. The number of hydrogen-bond donors (Lipinski definition) is 3. The lowest BCUT2D eigenvalue weighted by Crippen LogP contribution is -2.39. The Morgan fingerprint density at radius 3 is 2.65 bits per heavy atom. The van der Waals surface area contributed by atoms with Crippen LogP contribution in [0.3, 0.4) is 0 Å². The summed E-state index contributed by atoms with van der Waals surface area (Å²) in [6.45, 7) is 2.71. The number of aliphatic hydroxyl groups is 2. The first-order valence-corrected chi connectivity index (χ1v) is 13.8. The van der Waals surface area contributed by atoms with Crippen molar-refractivity contribution in [1.29, 1.82) is 5.26 Å². The van der Waals surface area contributed by atoms with Crippen LogP contribution in [0.25, 0.3) is 28.1 Å². The molecule has 0 bridgehead atoms. The van der Waals surface area contributed by atoms with E-state index in [1.54, 1.807) is 0 Å². The lowest BCUT2D eigenvalue weighted by molar-refractivity contribution is -0.186. The fraction of sp³-hybridized carbons (Fsp3) is 0.414. The topological polar surface area (TPSA) is 93.7 Å². The van der Waals surface area contributed by atoms with Crippen molar-refractivity contribution in [1.82, 2.24) is 9.29 Å². The molecule has 0 amide bonds. The summed E-state index contributed by atoms with van der Waals surface area (Å²) in [6, 6.07) is 19.7. The van der Waals surface area contributed by atoms with Crippen molar-refractivity contribution < 1.29 is 14.9 Å².